The van der Waals surface area contributed by atoms with E-state index in [0.717, 1.165) is 18.0 Å². The molecule has 1 saturated carbocycles. The number of hydrogen-bond acceptors (Lipinski definition) is 3. The standard InChI is InChI=1S/C15H23NO2/c1-11(16-10-12-5-3-4-6-12)14-8-7-13(18-2)9-15(14)17/h7-9,11-12,16-17H,3-6,10H2,1-2H3. The van der Waals surface area contributed by atoms with Gasteiger partial charge in [-0.1, -0.05) is 18.9 Å². The molecule has 2 rings (SSSR count). The van der Waals surface area contributed by atoms with E-state index in [2.05, 4.69) is 12.2 Å². The number of phenolic OH excluding ortho intramolecular Hbond substituents is 1. The maximum atomic E-state index is 9.96. The molecule has 1 aromatic rings. The van der Waals surface area contributed by atoms with Crippen LogP contribution in [0.15, 0.2) is 18.2 Å². The second-order valence-electron chi connectivity index (χ2n) is 5.21. The van der Waals surface area contributed by atoms with Crippen molar-refractivity contribution < 1.29 is 9.84 Å². The molecule has 1 atom stereocenters. The van der Waals surface area contributed by atoms with E-state index in [4.69, 9.17) is 4.74 Å². The minimum atomic E-state index is 0.177. The third-order valence-electron chi connectivity index (χ3n) is 3.89. The summed E-state index contributed by atoms with van der Waals surface area (Å²) in [6, 6.07) is 5.67. The highest BCUT2D eigenvalue weighted by Gasteiger charge is 2.17. The Morgan fingerprint density at radius 3 is 2.72 bits per heavy atom. The van der Waals surface area contributed by atoms with E-state index in [0.29, 0.717) is 11.5 Å². The Morgan fingerprint density at radius 2 is 2.11 bits per heavy atom. The van der Waals surface area contributed by atoms with Gasteiger partial charge >= 0.3 is 0 Å². The van der Waals surface area contributed by atoms with Gasteiger partial charge in [0.05, 0.1) is 7.11 Å². The summed E-state index contributed by atoms with van der Waals surface area (Å²) in [6.07, 6.45) is 5.42. The van der Waals surface area contributed by atoms with Crippen LogP contribution in [0.25, 0.3) is 0 Å². The van der Waals surface area contributed by atoms with E-state index in [1.54, 1.807) is 13.2 Å². The van der Waals surface area contributed by atoms with Gasteiger partial charge in [-0.2, -0.15) is 0 Å². The SMILES string of the molecule is COc1ccc(C(C)NCC2CCCC2)c(O)c1. The molecule has 0 bridgehead atoms. The van der Waals surface area contributed by atoms with Gasteiger partial charge in [-0.25, -0.2) is 0 Å². The molecule has 0 saturated heterocycles. The highest BCUT2D eigenvalue weighted by molar-refractivity contribution is 5.41. The second kappa shape index (κ2) is 6.10. The number of hydrogen-bond donors (Lipinski definition) is 2. The zero-order valence-corrected chi connectivity index (χ0v) is 11.3. The second-order valence-corrected chi connectivity index (χ2v) is 5.21. The van der Waals surface area contributed by atoms with Crippen molar-refractivity contribution in [2.75, 3.05) is 13.7 Å². The van der Waals surface area contributed by atoms with E-state index in [-0.39, 0.29) is 6.04 Å². The van der Waals surface area contributed by atoms with Crippen molar-refractivity contribution in [3.8, 4) is 11.5 Å². The van der Waals surface area contributed by atoms with Crippen molar-refractivity contribution in [1.82, 2.24) is 5.32 Å². The summed E-state index contributed by atoms with van der Waals surface area (Å²) in [4.78, 5) is 0. The molecule has 3 heteroatoms. The molecule has 1 aliphatic rings. The number of aromatic hydroxyl groups is 1. The van der Waals surface area contributed by atoms with Gasteiger partial charge in [-0.05, 0) is 38.3 Å². The first-order chi connectivity index (χ1) is 8.70. The first kappa shape index (κ1) is 13.2. The molecule has 0 radical (unpaired) electrons. The average Bonchev–Trinajstić information content (AvgIpc) is 2.88. The summed E-state index contributed by atoms with van der Waals surface area (Å²) in [7, 11) is 1.61. The van der Waals surface area contributed by atoms with E-state index in [1.807, 2.05) is 12.1 Å². The highest BCUT2D eigenvalue weighted by Crippen LogP contribution is 2.29. The van der Waals surface area contributed by atoms with E-state index < -0.39 is 0 Å². The summed E-state index contributed by atoms with van der Waals surface area (Å²) in [5.74, 6) is 1.81. The lowest BCUT2D eigenvalue weighted by Crippen LogP contribution is -2.24. The predicted octanol–water partition coefficient (Wildman–Crippen LogP) is 3.24. The van der Waals surface area contributed by atoms with Crippen LogP contribution < -0.4 is 10.1 Å². The van der Waals surface area contributed by atoms with Gasteiger partial charge in [-0.3, -0.25) is 0 Å². The van der Waals surface area contributed by atoms with E-state index in [9.17, 15) is 5.11 Å². The molecule has 1 fully saturated rings. The average molecular weight is 249 g/mol. The Hall–Kier alpha value is -1.22. The van der Waals surface area contributed by atoms with Gasteiger partial charge < -0.3 is 15.2 Å². The van der Waals surface area contributed by atoms with Crippen molar-refractivity contribution in [3.63, 3.8) is 0 Å². The minimum Gasteiger partial charge on any atom is -0.507 e. The summed E-state index contributed by atoms with van der Waals surface area (Å²) in [5.41, 5.74) is 0.939. The van der Waals surface area contributed by atoms with Gasteiger partial charge in [0.1, 0.15) is 11.5 Å². The quantitative estimate of drug-likeness (QED) is 0.841. The smallest absolute Gasteiger partial charge is 0.124 e. The normalized spacial score (nSPS) is 17.9. The number of phenols is 1. The van der Waals surface area contributed by atoms with Crippen molar-refractivity contribution in [2.24, 2.45) is 5.92 Å². The molecule has 0 aliphatic heterocycles. The fraction of sp³-hybridized carbons (Fsp3) is 0.600. The maximum absolute atomic E-state index is 9.96. The van der Waals surface area contributed by atoms with Crippen LogP contribution >= 0.6 is 0 Å². The Labute approximate surface area is 109 Å². The number of rotatable bonds is 5. The third-order valence-corrected chi connectivity index (χ3v) is 3.89. The lowest BCUT2D eigenvalue weighted by Gasteiger charge is -2.18. The first-order valence-corrected chi connectivity index (χ1v) is 6.81. The Bertz CT molecular complexity index is 386. The summed E-state index contributed by atoms with van der Waals surface area (Å²) >= 11 is 0. The van der Waals surface area contributed by atoms with Crippen molar-refractivity contribution >= 4 is 0 Å². The molecule has 0 heterocycles. The van der Waals surface area contributed by atoms with Gasteiger partial charge in [0, 0.05) is 17.7 Å². The molecular formula is C15H23NO2. The largest absolute Gasteiger partial charge is 0.507 e. The van der Waals surface area contributed by atoms with Crippen molar-refractivity contribution in [2.45, 2.75) is 38.6 Å². The minimum absolute atomic E-state index is 0.177. The molecule has 2 N–H and O–H groups in total. The van der Waals surface area contributed by atoms with Crippen LogP contribution in [-0.2, 0) is 0 Å². The lowest BCUT2D eigenvalue weighted by atomic mass is 10.0. The summed E-state index contributed by atoms with van der Waals surface area (Å²) in [5, 5.41) is 13.5. The topological polar surface area (TPSA) is 41.5 Å². The molecule has 1 aliphatic carbocycles. The Morgan fingerprint density at radius 1 is 1.39 bits per heavy atom. The fourth-order valence-electron chi connectivity index (χ4n) is 2.68. The van der Waals surface area contributed by atoms with E-state index in [1.165, 1.54) is 25.7 Å². The number of benzene rings is 1. The zero-order valence-electron chi connectivity index (χ0n) is 11.3. The van der Waals surface area contributed by atoms with Crippen LogP contribution in [-0.4, -0.2) is 18.8 Å². The number of ether oxygens (including phenoxy) is 1. The summed E-state index contributed by atoms with van der Waals surface area (Å²) in [6.45, 7) is 3.14. The molecule has 0 spiro atoms. The van der Waals surface area contributed by atoms with Crippen molar-refractivity contribution in [1.29, 1.82) is 0 Å². The van der Waals surface area contributed by atoms with Gasteiger partial charge in [0.25, 0.3) is 0 Å². The highest BCUT2D eigenvalue weighted by atomic mass is 16.5. The van der Waals surface area contributed by atoms with Crippen LogP contribution in [0.3, 0.4) is 0 Å². The van der Waals surface area contributed by atoms with Gasteiger partial charge in [0.2, 0.25) is 0 Å². The molecule has 1 aromatic carbocycles. The van der Waals surface area contributed by atoms with Gasteiger partial charge in [-0.15, -0.1) is 0 Å². The zero-order chi connectivity index (χ0) is 13.0. The maximum Gasteiger partial charge on any atom is 0.124 e. The number of nitrogens with one attached hydrogen (secondary N) is 1. The van der Waals surface area contributed by atoms with Crippen molar-refractivity contribution in [3.05, 3.63) is 23.8 Å². The first-order valence-electron chi connectivity index (χ1n) is 6.81. The monoisotopic (exact) mass is 249 g/mol. The fourth-order valence-corrected chi connectivity index (χ4v) is 2.68. The Kier molecular flexibility index (Phi) is 4.48. The van der Waals surface area contributed by atoms with Crippen LogP contribution in [0.2, 0.25) is 0 Å². The van der Waals surface area contributed by atoms with Crippen LogP contribution in [0.1, 0.15) is 44.2 Å². The molecule has 0 aromatic heterocycles. The van der Waals surface area contributed by atoms with Crippen LogP contribution in [0.5, 0.6) is 11.5 Å². The number of methoxy groups -OCH3 is 1. The molecule has 0 amide bonds. The summed E-state index contributed by atoms with van der Waals surface area (Å²) < 4.78 is 5.09. The Balaban J connectivity index is 1.93. The predicted molar refractivity (Wildman–Crippen MR) is 73.0 cm³/mol. The third kappa shape index (κ3) is 3.16. The van der Waals surface area contributed by atoms with Crippen LogP contribution in [0.4, 0.5) is 0 Å². The molecule has 18 heavy (non-hydrogen) atoms. The molecule has 1 unspecified atom stereocenters. The van der Waals surface area contributed by atoms with E-state index >= 15 is 0 Å². The van der Waals surface area contributed by atoms with Gasteiger partial charge in [0.15, 0.2) is 0 Å². The van der Waals surface area contributed by atoms with Crippen LogP contribution in [0, 0.1) is 5.92 Å². The lowest BCUT2D eigenvalue weighted by molar-refractivity contribution is 0.401. The molecule has 3 nitrogen and oxygen atoms in total. The molecular weight excluding hydrogens is 226 g/mol. The molecule has 100 valence electrons.